The molecule has 1 aromatic heterocycles. The highest BCUT2D eigenvalue weighted by molar-refractivity contribution is 5.35. The topological polar surface area (TPSA) is 154 Å². The minimum absolute atomic E-state index is 0.0832. The van der Waals surface area contributed by atoms with Crippen LogP contribution in [-0.2, 0) is 32.0 Å². The molecule has 0 aliphatic heterocycles. The van der Waals surface area contributed by atoms with Crippen molar-refractivity contribution in [2.24, 2.45) is 15.0 Å². The number of aliphatic imine (C=N–C) groups is 3. The Kier molecular flexibility index (Phi) is 8.72. The van der Waals surface area contributed by atoms with Crippen molar-refractivity contribution >= 4 is 18.2 Å². The van der Waals surface area contributed by atoms with Crippen LogP contribution in [0.3, 0.4) is 0 Å². The van der Waals surface area contributed by atoms with Gasteiger partial charge in [-0.1, -0.05) is 0 Å². The first-order valence-corrected chi connectivity index (χ1v) is 11.4. The molecule has 0 amide bonds. The standard InChI is InChI=1S/C24H36N6O6/c1-20(2,25-14-31)11-23(7,8)29-17(34)28(13-22(5,6)27-16-33)18(35)30(19(29)36)24(9,10)12-21(3,4)26-15-32/h11-13H2,1-10H3. The summed E-state index contributed by atoms with van der Waals surface area (Å²) in [5.41, 5.74) is -8.20. The number of rotatable bonds is 11. The predicted molar refractivity (Wildman–Crippen MR) is 134 cm³/mol. The lowest BCUT2D eigenvalue weighted by Gasteiger charge is -2.37. The summed E-state index contributed by atoms with van der Waals surface area (Å²) in [6.07, 6.45) is 4.63. The minimum atomic E-state index is -1.21. The molecular weight excluding hydrogens is 468 g/mol. The maximum atomic E-state index is 13.8. The molecule has 1 rings (SSSR count). The Morgan fingerprint density at radius 3 is 1.17 bits per heavy atom. The average molecular weight is 505 g/mol. The van der Waals surface area contributed by atoms with E-state index in [0.29, 0.717) is 0 Å². The van der Waals surface area contributed by atoms with Gasteiger partial charge in [-0.2, -0.15) is 15.0 Å². The second kappa shape index (κ2) is 10.3. The van der Waals surface area contributed by atoms with Crippen molar-refractivity contribution in [1.29, 1.82) is 0 Å². The van der Waals surface area contributed by atoms with Crippen LogP contribution >= 0.6 is 0 Å². The van der Waals surface area contributed by atoms with Crippen LogP contribution in [0.5, 0.6) is 0 Å². The Labute approximate surface area is 209 Å². The molecule has 1 aromatic rings. The van der Waals surface area contributed by atoms with E-state index in [4.69, 9.17) is 0 Å². The van der Waals surface area contributed by atoms with Gasteiger partial charge in [-0.3, -0.25) is 0 Å². The third-order valence-corrected chi connectivity index (χ3v) is 5.76. The van der Waals surface area contributed by atoms with Crippen LogP contribution in [0.2, 0.25) is 0 Å². The van der Waals surface area contributed by atoms with E-state index in [0.717, 1.165) is 13.7 Å². The third-order valence-electron chi connectivity index (χ3n) is 5.76. The van der Waals surface area contributed by atoms with Crippen molar-refractivity contribution in [2.75, 3.05) is 0 Å². The quantitative estimate of drug-likeness (QED) is 0.330. The van der Waals surface area contributed by atoms with E-state index >= 15 is 0 Å². The number of carbonyl (C=O) groups excluding carboxylic acids is 3. The summed E-state index contributed by atoms with van der Waals surface area (Å²) in [5, 5.41) is 0. The molecule has 0 radical (unpaired) electrons. The maximum Gasteiger partial charge on any atom is 0.337 e. The zero-order chi connectivity index (χ0) is 28.3. The molecule has 0 unspecified atom stereocenters. The highest BCUT2D eigenvalue weighted by Gasteiger charge is 2.39. The molecular formula is C24H36N6O6. The average Bonchev–Trinajstić information content (AvgIpc) is 2.62. The molecule has 12 nitrogen and oxygen atoms in total. The number of hydrogen-bond donors (Lipinski definition) is 0. The van der Waals surface area contributed by atoms with Crippen molar-refractivity contribution < 1.29 is 14.4 Å². The highest BCUT2D eigenvalue weighted by atomic mass is 16.2. The lowest BCUT2D eigenvalue weighted by molar-refractivity contribution is 0.187. The van der Waals surface area contributed by atoms with E-state index in [1.54, 1.807) is 69.2 Å². The molecule has 0 fully saturated rings. The fourth-order valence-electron chi connectivity index (χ4n) is 4.91. The van der Waals surface area contributed by atoms with Crippen LogP contribution < -0.4 is 17.1 Å². The predicted octanol–water partition coefficient (Wildman–Crippen LogP) is 1.77. The summed E-state index contributed by atoms with van der Waals surface area (Å²) >= 11 is 0. The Hall–Kier alpha value is -3.45. The van der Waals surface area contributed by atoms with Gasteiger partial charge in [0.25, 0.3) is 0 Å². The van der Waals surface area contributed by atoms with Gasteiger partial charge in [-0.25, -0.2) is 42.5 Å². The summed E-state index contributed by atoms with van der Waals surface area (Å²) in [6.45, 7) is 15.9. The summed E-state index contributed by atoms with van der Waals surface area (Å²) in [7, 11) is 0. The first-order chi connectivity index (χ1) is 16.2. The smallest absolute Gasteiger partial charge is 0.247 e. The Bertz CT molecular complexity index is 1240. The van der Waals surface area contributed by atoms with Gasteiger partial charge in [0.05, 0.1) is 34.2 Å². The van der Waals surface area contributed by atoms with Gasteiger partial charge in [0, 0.05) is 0 Å². The van der Waals surface area contributed by atoms with Gasteiger partial charge in [0.1, 0.15) is 0 Å². The Morgan fingerprint density at radius 2 is 0.861 bits per heavy atom. The van der Waals surface area contributed by atoms with E-state index in [1.165, 1.54) is 18.2 Å². The van der Waals surface area contributed by atoms with Crippen LogP contribution in [0.4, 0.5) is 0 Å². The number of nitrogens with zero attached hydrogens (tertiary/aromatic N) is 6. The molecule has 0 aliphatic rings. The van der Waals surface area contributed by atoms with Crippen molar-refractivity contribution in [3.05, 3.63) is 31.5 Å². The van der Waals surface area contributed by atoms with Gasteiger partial charge in [-0.05, 0) is 82.1 Å². The molecule has 198 valence electrons. The second-order valence-corrected chi connectivity index (χ2v) is 12.1. The van der Waals surface area contributed by atoms with Crippen molar-refractivity contribution in [1.82, 2.24) is 13.7 Å². The monoisotopic (exact) mass is 504 g/mol. The van der Waals surface area contributed by atoms with Gasteiger partial charge >= 0.3 is 17.1 Å². The third kappa shape index (κ3) is 7.04. The molecule has 0 saturated carbocycles. The molecule has 36 heavy (non-hydrogen) atoms. The Morgan fingerprint density at radius 1 is 0.556 bits per heavy atom. The van der Waals surface area contributed by atoms with E-state index < -0.39 is 44.8 Å². The zero-order valence-electron chi connectivity index (χ0n) is 22.8. The fraction of sp³-hybridized carbons (Fsp3) is 0.750. The lowest BCUT2D eigenvalue weighted by atomic mass is 9.86. The molecule has 0 spiro atoms. The van der Waals surface area contributed by atoms with Gasteiger partial charge in [0.2, 0.25) is 18.2 Å². The molecule has 0 N–H and O–H groups in total. The Balaban J connectivity index is 4.16. The normalized spacial score (nSPS) is 12.8. The van der Waals surface area contributed by atoms with Crippen LogP contribution in [0.25, 0.3) is 0 Å². The van der Waals surface area contributed by atoms with E-state index in [-0.39, 0.29) is 19.4 Å². The molecule has 0 atom stereocenters. The summed E-state index contributed by atoms with van der Waals surface area (Å²) < 4.78 is 2.77. The molecule has 0 bridgehead atoms. The second-order valence-electron chi connectivity index (χ2n) is 12.1. The van der Waals surface area contributed by atoms with Crippen molar-refractivity contribution in [3.8, 4) is 0 Å². The van der Waals surface area contributed by atoms with Crippen molar-refractivity contribution in [2.45, 2.75) is 116 Å². The van der Waals surface area contributed by atoms with E-state index in [2.05, 4.69) is 15.0 Å². The molecule has 12 heteroatoms. The van der Waals surface area contributed by atoms with Gasteiger partial charge in [-0.15, -0.1) is 0 Å². The molecule has 0 aromatic carbocycles. The van der Waals surface area contributed by atoms with Crippen LogP contribution in [0, 0.1) is 0 Å². The molecule has 0 aliphatic carbocycles. The lowest BCUT2D eigenvalue weighted by Crippen LogP contribution is -2.64. The van der Waals surface area contributed by atoms with Crippen LogP contribution in [-0.4, -0.2) is 48.6 Å². The fourth-order valence-corrected chi connectivity index (χ4v) is 4.91. The highest BCUT2D eigenvalue weighted by Crippen LogP contribution is 2.29. The first kappa shape index (κ1) is 30.6. The number of hydrogen-bond acceptors (Lipinski definition) is 9. The maximum absolute atomic E-state index is 13.8. The largest absolute Gasteiger partial charge is 0.337 e. The summed E-state index contributed by atoms with van der Waals surface area (Å²) in [6, 6.07) is 0. The van der Waals surface area contributed by atoms with Crippen molar-refractivity contribution in [3.63, 3.8) is 0 Å². The van der Waals surface area contributed by atoms with Crippen LogP contribution in [0.15, 0.2) is 29.4 Å². The zero-order valence-corrected chi connectivity index (χ0v) is 22.8. The SMILES string of the molecule is CC(C)(Cn1c(=O)n(C(C)(C)CC(C)(C)N=C=O)c(=O)n(C(C)(C)CC(C)(C)N=C=O)c1=O)N=C=O. The van der Waals surface area contributed by atoms with Gasteiger partial charge < -0.3 is 0 Å². The van der Waals surface area contributed by atoms with E-state index in [9.17, 15) is 28.8 Å². The van der Waals surface area contributed by atoms with Crippen LogP contribution in [0.1, 0.15) is 82.1 Å². The first-order valence-electron chi connectivity index (χ1n) is 11.4. The molecule has 1 heterocycles. The molecule has 0 saturated heterocycles. The number of aromatic nitrogens is 3. The minimum Gasteiger partial charge on any atom is -0.247 e. The van der Waals surface area contributed by atoms with E-state index in [1.807, 2.05) is 0 Å². The summed E-state index contributed by atoms with van der Waals surface area (Å²) in [4.78, 5) is 85.1. The number of isocyanates is 3. The summed E-state index contributed by atoms with van der Waals surface area (Å²) in [5.74, 6) is 0. The van der Waals surface area contributed by atoms with Gasteiger partial charge in [0.15, 0.2) is 0 Å².